The predicted molar refractivity (Wildman–Crippen MR) is 66.0 cm³/mol. The normalized spacial score (nSPS) is 13.2. The Labute approximate surface area is 92.9 Å². The second-order valence-corrected chi connectivity index (χ2v) is 4.53. The Morgan fingerprint density at radius 3 is 2.47 bits per heavy atom. The summed E-state index contributed by atoms with van der Waals surface area (Å²) in [7, 11) is 0. The summed E-state index contributed by atoms with van der Waals surface area (Å²) in [4.78, 5) is 0. The van der Waals surface area contributed by atoms with Crippen LogP contribution >= 0.6 is 0 Å². The molecule has 2 heteroatoms. The molecule has 0 amide bonds. The van der Waals surface area contributed by atoms with Crippen molar-refractivity contribution in [2.24, 2.45) is 5.73 Å². The van der Waals surface area contributed by atoms with E-state index in [9.17, 15) is 0 Å². The highest BCUT2D eigenvalue weighted by molar-refractivity contribution is 5.32. The molecule has 0 spiro atoms. The lowest BCUT2D eigenvalue weighted by Crippen LogP contribution is -2.32. The van der Waals surface area contributed by atoms with Gasteiger partial charge in [0.1, 0.15) is 0 Å². The number of nitrogens with one attached hydrogen (secondary N) is 1. The van der Waals surface area contributed by atoms with Gasteiger partial charge in [-0.3, -0.25) is 0 Å². The van der Waals surface area contributed by atoms with Gasteiger partial charge in [-0.1, -0.05) is 37.6 Å². The molecular weight excluding hydrogens is 184 g/mol. The van der Waals surface area contributed by atoms with Crippen LogP contribution in [-0.2, 0) is 0 Å². The number of hydrogen-bond donors (Lipinski definition) is 2. The van der Waals surface area contributed by atoms with Crippen LogP contribution in [0.1, 0.15) is 36.6 Å². The Hall–Kier alpha value is -0.860. The standard InChI is InChI=1S/C13H22N2/c1-9(2)15-8-13(14)12-6-5-10(3)7-11(12)4/h5-7,9,13,15H,8,14H2,1-4H3. The highest BCUT2D eigenvalue weighted by atomic mass is 14.9. The monoisotopic (exact) mass is 206 g/mol. The van der Waals surface area contributed by atoms with E-state index in [0.29, 0.717) is 6.04 Å². The first-order chi connectivity index (χ1) is 7.00. The highest BCUT2D eigenvalue weighted by Gasteiger charge is 2.08. The minimum atomic E-state index is 0.0907. The number of nitrogens with two attached hydrogens (primary N) is 1. The minimum absolute atomic E-state index is 0.0907. The molecule has 1 atom stereocenters. The number of rotatable bonds is 4. The maximum Gasteiger partial charge on any atom is 0.0424 e. The molecule has 0 aliphatic carbocycles. The third kappa shape index (κ3) is 3.65. The van der Waals surface area contributed by atoms with Crippen LogP contribution in [0.15, 0.2) is 18.2 Å². The average Bonchev–Trinajstić information content (AvgIpc) is 2.14. The quantitative estimate of drug-likeness (QED) is 0.793. The summed E-state index contributed by atoms with van der Waals surface area (Å²) in [5.74, 6) is 0. The molecule has 1 rings (SSSR count). The molecule has 1 aromatic rings. The van der Waals surface area contributed by atoms with Crippen molar-refractivity contribution in [1.82, 2.24) is 5.32 Å². The van der Waals surface area contributed by atoms with Gasteiger partial charge in [0.15, 0.2) is 0 Å². The fraction of sp³-hybridized carbons (Fsp3) is 0.538. The van der Waals surface area contributed by atoms with Crippen LogP contribution < -0.4 is 11.1 Å². The zero-order valence-electron chi connectivity index (χ0n) is 10.2. The second-order valence-electron chi connectivity index (χ2n) is 4.53. The lowest BCUT2D eigenvalue weighted by Gasteiger charge is -2.17. The number of hydrogen-bond acceptors (Lipinski definition) is 2. The van der Waals surface area contributed by atoms with Crippen molar-refractivity contribution < 1.29 is 0 Å². The summed E-state index contributed by atoms with van der Waals surface area (Å²) >= 11 is 0. The molecule has 2 nitrogen and oxygen atoms in total. The second kappa shape index (κ2) is 5.29. The summed E-state index contributed by atoms with van der Waals surface area (Å²) in [6.07, 6.45) is 0. The van der Waals surface area contributed by atoms with Crippen molar-refractivity contribution in [2.75, 3.05) is 6.54 Å². The SMILES string of the molecule is Cc1ccc(C(N)CNC(C)C)c(C)c1. The van der Waals surface area contributed by atoms with Gasteiger partial charge >= 0.3 is 0 Å². The smallest absolute Gasteiger partial charge is 0.0424 e. The molecule has 1 aromatic carbocycles. The Morgan fingerprint density at radius 2 is 1.93 bits per heavy atom. The first-order valence-corrected chi connectivity index (χ1v) is 5.57. The molecule has 3 N–H and O–H groups in total. The fourth-order valence-electron chi connectivity index (χ4n) is 1.71. The van der Waals surface area contributed by atoms with E-state index in [1.54, 1.807) is 0 Å². The van der Waals surface area contributed by atoms with Crippen LogP contribution in [0.25, 0.3) is 0 Å². The van der Waals surface area contributed by atoms with E-state index in [1.165, 1.54) is 16.7 Å². The van der Waals surface area contributed by atoms with E-state index in [0.717, 1.165) is 6.54 Å². The van der Waals surface area contributed by atoms with E-state index in [1.807, 2.05) is 0 Å². The first kappa shape index (κ1) is 12.2. The maximum atomic E-state index is 6.13. The molecule has 15 heavy (non-hydrogen) atoms. The topological polar surface area (TPSA) is 38.0 Å². The molecule has 0 aromatic heterocycles. The maximum absolute atomic E-state index is 6.13. The molecule has 0 radical (unpaired) electrons. The Kier molecular flexibility index (Phi) is 4.30. The van der Waals surface area contributed by atoms with Gasteiger partial charge in [-0.25, -0.2) is 0 Å². The van der Waals surface area contributed by atoms with E-state index in [2.05, 4.69) is 51.2 Å². The van der Waals surface area contributed by atoms with Gasteiger partial charge in [0.2, 0.25) is 0 Å². The lowest BCUT2D eigenvalue weighted by atomic mass is 9.99. The van der Waals surface area contributed by atoms with Crippen LogP contribution in [0.3, 0.4) is 0 Å². The summed E-state index contributed by atoms with van der Waals surface area (Å²) in [6.45, 7) is 9.33. The lowest BCUT2D eigenvalue weighted by molar-refractivity contribution is 0.536. The molecule has 0 saturated heterocycles. The van der Waals surface area contributed by atoms with Crippen molar-refractivity contribution in [2.45, 2.75) is 39.8 Å². The van der Waals surface area contributed by atoms with Crippen LogP contribution in [0.4, 0.5) is 0 Å². The van der Waals surface area contributed by atoms with Crippen molar-refractivity contribution in [1.29, 1.82) is 0 Å². The predicted octanol–water partition coefficient (Wildman–Crippen LogP) is 2.30. The molecule has 0 aliphatic heterocycles. The van der Waals surface area contributed by atoms with E-state index < -0.39 is 0 Å². The van der Waals surface area contributed by atoms with Gasteiger partial charge in [0, 0.05) is 18.6 Å². The summed E-state index contributed by atoms with van der Waals surface area (Å²) in [5.41, 5.74) is 9.95. The zero-order valence-corrected chi connectivity index (χ0v) is 10.2. The van der Waals surface area contributed by atoms with Gasteiger partial charge in [0.25, 0.3) is 0 Å². The van der Waals surface area contributed by atoms with Crippen molar-refractivity contribution >= 4 is 0 Å². The fourth-order valence-corrected chi connectivity index (χ4v) is 1.71. The van der Waals surface area contributed by atoms with E-state index in [-0.39, 0.29) is 6.04 Å². The van der Waals surface area contributed by atoms with Gasteiger partial charge in [-0.2, -0.15) is 0 Å². The van der Waals surface area contributed by atoms with Crippen molar-refractivity contribution in [3.63, 3.8) is 0 Å². The van der Waals surface area contributed by atoms with E-state index in [4.69, 9.17) is 5.73 Å². The van der Waals surface area contributed by atoms with Crippen LogP contribution in [0.2, 0.25) is 0 Å². The zero-order chi connectivity index (χ0) is 11.4. The van der Waals surface area contributed by atoms with Crippen molar-refractivity contribution in [3.05, 3.63) is 34.9 Å². The summed E-state index contributed by atoms with van der Waals surface area (Å²) in [5, 5.41) is 3.36. The highest BCUT2D eigenvalue weighted by Crippen LogP contribution is 2.16. The van der Waals surface area contributed by atoms with Gasteiger partial charge < -0.3 is 11.1 Å². The molecule has 0 bridgehead atoms. The molecule has 0 heterocycles. The molecule has 0 fully saturated rings. The molecule has 1 unspecified atom stereocenters. The third-order valence-corrected chi connectivity index (χ3v) is 2.57. The Bertz CT molecular complexity index is 318. The minimum Gasteiger partial charge on any atom is -0.323 e. The summed E-state index contributed by atoms with van der Waals surface area (Å²) in [6, 6.07) is 7.02. The first-order valence-electron chi connectivity index (χ1n) is 5.57. The average molecular weight is 206 g/mol. The van der Waals surface area contributed by atoms with Gasteiger partial charge in [0.05, 0.1) is 0 Å². The Morgan fingerprint density at radius 1 is 1.27 bits per heavy atom. The van der Waals surface area contributed by atoms with Crippen molar-refractivity contribution in [3.8, 4) is 0 Å². The van der Waals surface area contributed by atoms with Crippen LogP contribution in [0, 0.1) is 13.8 Å². The van der Waals surface area contributed by atoms with Crippen LogP contribution in [0.5, 0.6) is 0 Å². The Balaban J connectivity index is 2.69. The number of benzene rings is 1. The molecule has 0 saturated carbocycles. The molecule has 84 valence electrons. The van der Waals surface area contributed by atoms with Gasteiger partial charge in [-0.15, -0.1) is 0 Å². The van der Waals surface area contributed by atoms with E-state index >= 15 is 0 Å². The van der Waals surface area contributed by atoms with Crippen LogP contribution in [-0.4, -0.2) is 12.6 Å². The molecular formula is C13H22N2. The van der Waals surface area contributed by atoms with Gasteiger partial charge in [-0.05, 0) is 25.0 Å². The number of aryl methyl sites for hydroxylation is 2. The summed E-state index contributed by atoms with van der Waals surface area (Å²) < 4.78 is 0. The molecule has 0 aliphatic rings. The largest absolute Gasteiger partial charge is 0.323 e. The third-order valence-electron chi connectivity index (χ3n) is 2.57.